The molecule has 6 nitrogen and oxygen atoms in total. The first-order chi connectivity index (χ1) is 11.2. The first-order valence-electron chi connectivity index (χ1n) is 8.35. The van der Waals surface area contributed by atoms with Gasteiger partial charge in [0, 0.05) is 31.9 Å². The second-order valence-electron chi connectivity index (χ2n) is 6.93. The van der Waals surface area contributed by atoms with E-state index in [4.69, 9.17) is 0 Å². The highest BCUT2D eigenvalue weighted by atomic mass is 16.2. The fourth-order valence-electron chi connectivity index (χ4n) is 2.31. The molecule has 0 heterocycles. The van der Waals surface area contributed by atoms with Crippen molar-refractivity contribution in [2.75, 3.05) is 46.2 Å². The Hall–Kier alpha value is -2.08. The van der Waals surface area contributed by atoms with E-state index >= 15 is 0 Å². The SMILES string of the molecule is CC(C)CNC(=O)C(=O)NC[C@H](c1ccc(N(C)C)cc1)[NH+](C)C. The van der Waals surface area contributed by atoms with Gasteiger partial charge in [0.25, 0.3) is 0 Å². The topological polar surface area (TPSA) is 65.9 Å². The van der Waals surface area contributed by atoms with Crippen molar-refractivity contribution >= 4 is 17.5 Å². The molecule has 3 N–H and O–H groups in total. The molecule has 6 heteroatoms. The predicted molar refractivity (Wildman–Crippen MR) is 97.2 cm³/mol. The largest absolute Gasteiger partial charge is 0.378 e. The molecule has 0 aliphatic heterocycles. The van der Waals surface area contributed by atoms with Gasteiger partial charge < -0.3 is 20.4 Å². The molecule has 1 aromatic carbocycles. The van der Waals surface area contributed by atoms with Gasteiger partial charge in [-0.05, 0) is 18.1 Å². The summed E-state index contributed by atoms with van der Waals surface area (Å²) in [6.07, 6.45) is 0. The molecule has 0 saturated carbocycles. The van der Waals surface area contributed by atoms with Crippen molar-refractivity contribution in [3.63, 3.8) is 0 Å². The number of benzene rings is 1. The number of likely N-dealkylation sites (N-methyl/N-ethyl adjacent to an activating group) is 1. The van der Waals surface area contributed by atoms with Crippen LogP contribution >= 0.6 is 0 Å². The minimum Gasteiger partial charge on any atom is -0.378 e. The molecule has 0 bridgehead atoms. The Balaban J connectivity index is 2.66. The van der Waals surface area contributed by atoms with Crippen LogP contribution in [-0.4, -0.2) is 53.1 Å². The Bertz CT molecular complexity index is 538. The predicted octanol–water partition coefficient (Wildman–Crippen LogP) is -0.173. The van der Waals surface area contributed by atoms with E-state index in [9.17, 15) is 9.59 Å². The molecule has 1 aromatic rings. The summed E-state index contributed by atoms with van der Waals surface area (Å²) in [7, 11) is 8.07. The Kier molecular flexibility index (Phi) is 7.71. The number of quaternary nitrogens is 1. The number of rotatable bonds is 7. The monoisotopic (exact) mass is 335 g/mol. The van der Waals surface area contributed by atoms with Gasteiger partial charge >= 0.3 is 11.8 Å². The molecule has 0 spiro atoms. The van der Waals surface area contributed by atoms with Crippen LogP contribution in [0.5, 0.6) is 0 Å². The summed E-state index contributed by atoms with van der Waals surface area (Å²) >= 11 is 0. The van der Waals surface area contributed by atoms with E-state index in [1.807, 2.05) is 46.9 Å². The van der Waals surface area contributed by atoms with E-state index in [1.54, 1.807) is 0 Å². The number of amides is 2. The van der Waals surface area contributed by atoms with Crippen molar-refractivity contribution in [1.82, 2.24) is 10.6 Å². The summed E-state index contributed by atoms with van der Waals surface area (Å²) in [6.45, 7) is 4.89. The number of anilines is 1. The van der Waals surface area contributed by atoms with Gasteiger partial charge in [0.1, 0.15) is 6.04 Å². The molecule has 134 valence electrons. The van der Waals surface area contributed by atoms with Crippen molar-refractivity contribution in [2.24, 2.45) is 5.92 Å². The number of hydrogen-bond acceptors (Lipinski definition) is 3. The molecule has 0 aliphatic carbocycles. The van der Waals surface area contributed by atoms with Gasteiger partial charge in [-0.2, -0.15) is 0 Å². The van der Waals surface area contributed by atoms with E-state index in [2.05, 4.69) is 34.9 Å². The van der Waals surface area contributed by atoms with E-state index in [-0.39, 0.29) is 6.04 Å². The molecule has 0 radical (unpaired) electrons. The second kappa shape index (κ2) is 9.27. The summed E-state index contributed by atoms with van der Waals surface area (Å²) in [5, 5.41) is 5.37. The van der Waals surface area contributed by atoms with E-state index in [0.717, 1.165) is 11.3 Å². The molecular formula is C18H31N4O2+. The summed E-state index contributed by atoms with van der Waals surface area (Å²) in [5.41, 5.74) is 2.26. The van der Waals surface area contributed by atoms with Crippen LogP contribution < -0.4 is 20.4 Å². The Morgan fingerprint density at radius 3 is 1.92 bits per heavy atom. The van der Waals surface area contributed by atoms with Crippen LogP contribution in [0.2, 0.25) is 0 Å². The first-order valence-corrected chi connectivity index (χ1v) is 8.35. The van der Waals surface area contributed by atoms with Crippen molar-refractivity contribution < 1.29 is 14.5 Å². The van der Waals surface area contributed by atoms with Crippen LogP contribution in [0.25, 0.3) is 0 Å². The maximum atomic E-state index is 11.9. The first kappa shape index (κ1) is 20.0. The highest BCUT2D eigenvalue weighted by molar-refractivity contribution is 6.35. The fraction of sp³-hybridized carbons (Fsp3) is 0.556. The molecule has 1 rings (SSSR count). The highest BCUT2D eigenvalue weighted by Crippen LogP contribution is 2.15. The van der Waals surface area contributed by atoms with Crippen molar-refractivity contribution in [2.45, 2.75) is 19.9 Å². The zero-order valence-corrected chi connectivity index (χ0v) is 15.6. The second-order valence-corrected chi connectivity index (χ2v) is 6.93. The van der Waals surface area contributed by atoms with E-state index in [1.165, 1.54) is 4.90 Å². The van der Waals surface area contributed by atoms with Gasteiger partial charge in [-0.15, -0.1) is 0 Å². The fourth-order valence-corrected chi connectivity index (χ4v) is 2.31. The van der Waals surface area contributed by atoms with Gasteiger partial charge in [-0.1, -0.05) is 26.0 Å². The molecule has 2 amide bonds. The number of hydrogen-bond donors (Lipinski definition) is 3. The Labute approximate surface area is 145 Å². The lowest BCUT2D eigenvalue weighted by atomic mass is 10.1. The molecule has 24 heavy (non-hydrogen) atoms. The quantitative estimate of drug-likeness (QED) is 0.606. The van der Waals surface area contributed by atoms with E-state index in [0.29, 0.717) is 19.0 Å². The molecule has 0 aromatic heterocycles. The van der Waals surface area contributed by atoms with Crippen LogP contribution in [0.4, 0.5) is 5.69 Å². The summed E-state index contributed by atoms with van der Waals surface area (Å²) in [5.74, 6) is -0.832. The van der Waals surface area contributed by atoms with Crippen LogP contribution in [0.15, 0.2) is 24.3 Å². The lowest BCUT2D eigenvalue weighted by molar-refractivity contribution is -0.890. The maximum absolute atomic E-state index is 11.9. The summed E-state index contributed by atoms with van der Waals surface area (Å²) in [6, 6.07) is 8.34. The summed E-state index contributed by atoms with van der Waals surface area (Å²) in [4.78, 5) is 26.9. The lowest BCUT2D eigenvalue weighted by Crippen LogP contribution is -3.07. The van der Waals surface area contributed by atoms with Gasteiger partial charge in [-0.25, -0.2) is 0 Å². The Morgan fingerprint density at radius 2 is 1.50 bits per heavy atom. The number of carbonyl (C=O) groups is 2. The van der Waals surface area contributed by atoms with Gasteiger partial charge in [-0.3, -0.25) is 9.59 Å². The third-order valence-electron chi connectivity index (χ3n) is 3.85. The van der Waals surface area contributed by atoms with Crippen LogP contribution in [0.1, 0.15) is 25.5 Å². The zero-order chi connectivity index (χ0) is 18.3. The normalized spacial score (nSPS) is 12.2. The molecule has 1 atom stereocenters. The smallest absolute Gasteiger partial charge is 0.309 e. The third-order valence-corrected chi connectivity index (χ3v) is 3.85. The van der Waals surface area contributed by atoms with Gasteiger partial charge in [0.15, 0.2) is 0 Å². The van der Waals surface area contributed by atoms with Gasteiger partial charge in [0.05, 0.1) is 20.6 Å². The maximum Gasteiger partial charge on any atom is 0.309 e. The standard InChI is InChI=1S/C18H30N4O2/c1-13(2)11-19-17(23)18(24)20-12-16(22(5)6)14-7-9-15(10-8-14)21(3)4/h7-10,13,16H,11-12H2,1-6H3,(H,19,23)(H,20,24)/p+1/t16-/m1/s1. The van der Waals surface area contributed by atoms with Crippen LogP contribution in [0, 0.1) is 5.92 Å². The highest BCUT2D eigenvalue weighted by Gasteiger charge is 2.21. The van der Waals surface area contributed by atoms with E-state index < -0.39 is 11.8 Å². The molecule has 0 aliphatic rings. The van der Waals surface area contributed by atoms with Crippen LogP contribution in [-0.2, 0) is 9.59 Å². The van der Waals surface area contributed by atoms with Crippen molar-refractivity contribution in [3.8, 4) is 0 Å². The number of nitrogens with zero attached hydrogens (tertiary/aromatic N) is 1. The summed E-state index contributed by atoms with van der Waals surface area (Å²) < 4.78 is 0. The minimum atomic E-state index is -0.577. The number of carbonyl (C=O) groups excluding carboxylic acids is 2. The molecule has 0 saturated heterocycles. The number of nitrogens with one attached hydrogen (secondary N) is 3. The lowest BCUT2D eigenvalue weighted by Gasteiger charge is -2.23. The van der Waals surface area contributed by atoms with Crippen molar-refractivity contribution in [1.29, 1.82) is 0 Å². The average molecular weight is 335 g/mol. The average Bonchev–Trinajstić information content (AvgIpc) is 2.52. The van der Waals surface area contributed by atoms with Crippen LogP contribution in [0.3, 0.4) is 0 Å². The van der Waals surface area contributed by atoms with Crippen molar-refractivity contribution in [3.05, 3.63) is 29.8 Å². The molecular weight excluding hydrogens is 304 g/mol. The molecule has 0 unspecified atom stereocenters. The molecule has 0 fully saturated rings. The third kappa shape index (κ3) is 6.20. The Morgan fingerprint density at radius 1 is 1.00 bits per heavy atom. The van der Waals surface area contributed by atoms with Gasteiger partial charge in [0.2, 0.25) is 0 Å². The minimum absolute atomic E-state index is 0.0862. The zero-order valence-electron chi connectivity index (χ0n) is 15.6.